The van der Waals surface area contributed by atoms with Crippen molar-refractivity contribution in [2.24, 2.45) is 5.41 Å². The standard InChI is InChI=1S/C48H54F3N5O11S2/c1-29-41(68-28-53-29)32-13-10-30(11-14-32)25-52-43(59)35-24-33(57)26-56(35)45(61)42(47(2,3)4)54-40(58)27-66-21-20-65-19-18-64-17-16-55-44(60)39(69-46(55)62)23-31-12-15-37(38(22-31)63-5)67-36-9-7-6-8-34(36)48(49,50)51/h6-15,22-23,28,33,35,42,57H,16-21,24-27H2,1-5H3,(H,52,59)(H,54,58)/b39-23-/t33-,35+,42-/m1/s1. The van der Waals surface area contributed by atoms with Crippen molar-refractivity contribution in [2.75, 3.05) is 59.8 Å². The molecule has 16 nitrogen and oxygen atoms in total. The minimum atomic E-state index is -4.63. The minimum Gasteiger partial charge on any atom is -0.493 e. The highest BCUT2D eigenvalue weighted by Gasteiger charge is 2.44. The summed E-state index contributed by atoms with van der Waals surface area (Å²) < 4.78 is 67.9. The topological polar surface area (TPSA) is 195 Å². The number of para-hydroxylation sites is 1. The number of nitrogens with one attached hydrogen (secondary N) is 2. The van der Waals surface area contributed by atoms with Crippen molar-refractivity contribution in [1.82, 2.24) is 25.4 Å². The van der Waals surface area contributed by atoms with E-state index >= 15 is 0 Å². The Morgan fingerprint density at radius 1 is 0.928 bits per heavy atom. The second-order valence-electron chi connectivity index (χ2n) is 17.1. The van der Waals surface area contributed by atoms with Gasteiger partial charge in [-0.2, -0.15) is 13.2 Å². The van der Waals surface area contributed by atoms with Crippen molar-refractivity contribution in [3.8, 4) is 27.7 Å². The summed E-state index contributed by atoms with van der Waals surface area (Å²) in [5.41, 5.74) is 3.36. The van der Waals surface area contributed by atoms with Gasteiger partial charge in [0.15, 0.2) is 11.5 Å². The van der Waals surface area contributed by atoms with E-state index in [-0.39, 0.29) is 82.1 Å². The Kier molecular flexibility index (Phi) is 18.0. The third-order valence-electron chi connectivity index (χ3n) is 10.9. The van der Waals surface area contributed by atoms with Crippen LogP contribution in [0.1, 0.15) is 49.6 Å². The van der Waals surface area contributed by atoms with Gasteiger partial charge in [0.2, 0.25) is 17.7 Å². The van der Waals surface area contributed by atoms with Crippen molar-refractivity contribution in [2.45, 2.75) is 65.0 Å². The number of benzene rings is 3. The van der Waals surface area contributed by atoms with Crippen molar-refractivity contribution in [1.29, 1.82) is 0 Å². The predicted octanol–water partition coefficient (Wildman–Crippen LogP) is 6.83. The molecule has 69 heavy (non-hydrogen) atoms. The van der Waals surface area contributed by atoms with Gasteiger partial charge >= 0.3 is 6.18 Å². The van der Waals surface area contributed by atoms with Gasteiger partial charge in [0.05, 0.1) is 79.3 Å². The van der Waals surface area contributed by atoms with E-state index in [4.69, 9.17) is 23.7 Å². The molecule has 2 aliphatic rings. The number of thioether (sulfide) groups is 1. The molecule has 1 aromatic heterocycles. The normalized spacial score (nSPS) is 17.4. The number of aliphatic hydroxyl groups is 1. The van der Waals surface area contributed by atoms with Gasteiger partial charge in [-0.05, 0) is 71.1 Å². The van der Waals surface area contributed by atoms with E-state index in [9.17, 15) is 42.3 Å². The number of rotatable bonds is 21. The highest BCUT2D eigenvalue weighted by Crippen LogP contribution is 2.41. The second-order valence-corrected chi connectivity index (χ2v) is 18.9. The Morgan fingerprint density at radius 2 is 1.62 bits per heavy atom. The average Bonchev–Trinajstić information content (AvgIpc) is 4.00. The highest BCUT2D eigenvalue weighted by molar-refractivity contribution is 8.18. The van der Waals surface area contributed by atoms with Crippen LogP contribution < -0.4 is 20.1 Å². The first-order chi connectivity index (χ1) is 32.8. The molecule has 2 saturated heterocycles. The van der Waals surface area contributed by atoms with Gasteiger partial charge in [0.25, 0.3) is 11.1 Å². The smallest absolute Gasteiger partial charge is 0.419 e. The molecule has 3 N–H and O–H groups in total. The van der Waals surface area contributed by atoms with Crippen molar-refractivity contribution in [3.05, 3.63) is 99.5 Å². The van der Waals surface area contributed by atoms with Crippen LogP contribution in [0.5, 0.6) is 17.2 Å². The Hall–Kier alpha value is -5.84. The van der Waals surface area contributed by atoms with E-state index < -0.39 is 70.0 Å². The van der Waals surface area contributed by atoms with E-state index in [1.165, 1.54) is 54.5 Å². The number of aryl methyl sites for hydroxylation is 1. The number of carbonyl (C=O) groups is 5. The number of nitrogens with zero attached hydrogens (tertiary/aromatic N) is 3. The number of hydrogen-bond acceptors (Lipinski definition) is 14. The largest absolute Gasteiger partial charge is 0.493 e. The maximum atomic E-state index is 13.9. The molecule has 4 aromatic rings. The number of imide groups is 1. The van der Waals surface area contributed by atoms with Crippen LogP contribution in [-0.4, -0.2) is 127 Å². The number of thiazole rings is 1. The lowest BCUT2D eigenvalue weighted by molar-refractivity contribution is -0.144. The fourth-order valence-electron chi connectivity index (χ4n) is 7.35. The zero-order valence-corrected chi connectivity index (χ0v) is 40.3. The minimum absolute atomic E-state index is 0.0209. The van der Waals surface area contributed by atoms with Crippen LogP contribution in [0.3, 0.4) is 0 Å². The van der Waals surface area contributed by atoms with E-state index in [0.717, 1.165) is 44.4 Å². The molecular formula is C48H54F3N5O11S2. The molecule has 2 fully saturated rings. The van der Waals surface area contributed by atoms with E-state index in [2.05, 4.69) is 15.6 Å². The summed E-state index contributed by atoms with van der Waals surface area (Å²) in [5.74, 6) is -2.27. The quantitative estimate of drug-likeness (QED) is 0.0581. The summed E-state index contributed by atoms with van der Waals surface area (Å²) in [6.07, 6.45) is -4.02. The van der Waals surface area contributed by atoms with Gasteiger partial charge < -0.3 is 44.3 Å². The monoisotopic (exact) mass is 997 g/mol. The number of alkyl halides is 3. The Labute approximate surface area is 405 Å². The molecule has 3 atom stereocenters. The number of ether oxygens (including phenoxy) is 5. The maximum Gasteiger partial charge on any atom is 0.419 e. The highest BCUT2D eigenvalue weighted by atomic mass is 32.2. The molecular weight excluding hydrogens is 944 g/mol. The van der Waals surface area contributed by atoms with Crippen LogP contribution in [0.2, 0.25) is 0 Å². The Bertz CT molecular complexity index is 2500. The molecule has 0 unspecified atom stereocenters. The van der Waals surface area contributed by atoms with Gasteiger partial charge in [0.1, 0.15) is 24.4 Å². The van der Waals surface area contributed by atoms with Crippen LogP contribution in [0, 0.1) is 12.3 Å². The number of halogens is 3. The maximum absolute atomic E-state index is 13.9. The third-order valence-corrected chi connectivity index (χ3v) is 12.8. The first-order valence-electron chi connectivity index (χ1n) is 21.9. The van der Waals surface area contributed by atoms with Gasteiger partial charge in [-0.25, -0.2) is 4.98 Å². The summed E-state index contributed by atoms with van der Waals surface area (Å²) >= 11 is 2.28. The first kappa shape index (κ1) is 52.5. The molecule has 3 heterocycles. The molecule has 0 aliphatic carbocycles. The van der Waals surface area contributed by atoms with Crippen LogP contribution in [-0.2, 0) is 46.1 Å². The Morgan fingerprint density at radius 3 is 2.29 bits per heavy atom. The average molecular weight is 998 g/mol. The number of aromatic nitrogens is 1. The van der Waals surface area contributed by atoms with Crippen LogP contribution in [0.15, 0.2) is 77.1 Å². The number of β-amino-alcohol motifs (C(OH)–C–C–N with tert-alkyl or cyclic N) is 1. The molecule has 0 bridgehead atoms. The number of aliphatic hydroxyl groups excluding tert-OH is 1. The lowest BCUT2D eigenvalue weighted by atomic mass is 9.85. The third kappa shape index (κ3) is 14.1. The summed E-state index contributed by atoms with van der Waals surface area (Å²) in [4.78, 5) is 73.9. The SMILES string of the molecule is COc1cc(/C=C2\SC(=O)N(CCOCCOCCOCC(=O)N[C@H](C(=O)N3C[C@H](O)C[C@H]3C(=O)NCc3ccc(-c4scnc4C)cc3)C(C)(C)C)C2=O)ccc1Oc1ccccc1C(F)(F)F. The van der Waals surface area contributed by atoms with Crippen molar-refractivity contribution >= 4 is 58.0 Å². The lowest BCUT2D eigenvalue weighted by Gasteiger charge is -2.35. The van der Waals surface area contributed by atoms with Crippen LogP contribution >= 0.6 is 23.1 Å². The zero-order chi connectivity index (χ0) is 49.9. The number of carbonyl (C=O) groups excluding carboxylic acids is 5. The van der Waals surface area contributed by atoms with Gasteiger partial charge in [-0.15, -0.1) is 11.3 Å². The van der Waals surface area contributed by atoms with Crippen LogP contribution in [0.4, 0.5) is 18.0 Å². The molecule has 5 amide bonds. The number of likely N-dealkylation sites (tertiary alicyclic amines) is 1. The lowest BCUT2D eigenvalue weighted by Crippen LogP contribution is -2.58. The molecule has 21 heteroatoms. The van der Waals surface area contributed by atoms with Gasteiger partial charge in [-0.1, -0.05) is 63.2 Å². The van der Waals surface area contributed by atoms with E-state index in [1.807, 2.05) is 31.2 Å². The summed E-state index contributed by atoms with van der Waals surface area (Å²) in [7, 11) is 1.32. The fraction of sp³-hybridized carbons (Fsp3) is 0.417. The van der Waals surface area contributed by atoms with E-state index in [0.29, 0.717) is 5.56 Å². The predicted molar refractivity (Wildman–Crippen MR) is 251 cm³/mol. The fourth-order valence-corrected chi connectivity index (χ4v) is 9.03. The number of amides is 5. The molecule has 0 spiro atoms. The Balaban J connectivity index is 0.874. The van der Waals surface area contributed by atoms with E-state index in [1.54, 1.807) is 37.6 Å². The molecule has 0 saturated carbocycles. The van der Waals surface area contributed by atoms with Crippen LogP contribution in [0.25, 0.3) is 16.5 Å². The van der Waals surface area contributed by atoms with Gasteiger partial charge in [0, 0.05) is 19.5 Å². The second kappa shape index (κ2) is 23.6. The van der Waals surface area contributed by atoms with Crippen molar-refractivity contribution in [3.63, 3.8) is 0 Å². The number of hydrogen-bond donors (Lipinski definition) is 3. The summed E-state index contributed by atoms with van der Waals surface area (Å²) in [6.45, 7) is 7.55. The van der Waals surface area contributed by atoms with Crippen molar-refractivity contribution < 1.29 is 65.9 Å². The molecule has 2 aliphatic heterocycles. The summed E-state index contributed by atoms with van der Waals surface area (Å²) in [6, 6.07) is 15.0. The van der Waals surface area contributed by atoms with Gasteiger partial charge in [-0.3, -0.25) is 28.9 Å². The first-order valence-corrected chi connectivity index (χ1v) is 23.6. The zero-order valence-electron chi connectivity index (χ0n) is 38.6. The molecule has 370 valence electrons. The molecule has 0 radical (unpaired) electrons. The summed E-state index contributed by atoms with van der Waals surface area (Å²) in [5, 5.41) is 15.7. The molecule has 6 rings (SSSR count). The molecule has 3 aromatic carbocycles. The number of methoxy groups -OCH3 is 1.